The average Bonchev–Trinajstić information content (AvgIpc) is 2.78. The first-order valence-corrected chi connectivity index (χ1v) is 10.4. The predicted molar refractivity (Wildman–Crippen MR) is 117 cm³/mol. The van der Waals surface area contributed by atoms with Crippen LogP contribution in [0.2, 0.25) is 0 Å². The van der Waals surface area contributed by atoms with E-state index in [2.05, 4.69) is 22.1 Å². The molecule has 9 heteroatoms. The highest BCUT2D eigenvalue weighted by atomic mass is 16.6. The second-order valence-electron chi connectivity index (χ2n) is 7.59. The van der Waals surface area contributed by atoms with Crippen LogP contribution >= 0.6 is 0 Å². The molecule has 166 valence electrons. The molecule has 31 heavy (non-hydrogen) atoms. The lowest BCUT2D eigenvalue weighted by atomic mass is 9.99. The molecule has 1 saturated heterocycles. The van der Waals surface area contributed by atoms with E-state index in [1.165, 1.54) is 19.2 Å². The molecule has 0 unspecified atom stereocenters. The molecular weight excluding hydrogens is 400 g/mol. The van der Waals surface area contributed by atoms with Crippen LogP contribution in [0.4, 0.5) is 11.5 Å². The summed E-state index contributed by atoms with van der Waals surface area (Å²) in [5.41, 5.74) is 0.384. The Labute approximate surface area is 181 Å². The Balaban J connectivity index is 1.69. The molecule has 0 aliphatic carbocycles. The predicted octanol–water partition coefficient (Wildman–Crippen LogP) is 3.56. The maximum absolute atomic E-state index is 12.7. The zero-order valence-corrected chi connectivity index (χ0v) is 18.1. The average molecular weight is 428 g/mol. The monoisotopic (exact) mass is 428 g/mol. The number of carbonyl (C=O) groups excluding carboxylic acids is 1. The van der Waals surface area contributed by atoms with Gasteiger partial charge in [-0.05, 0) is 37.3 Å². The molecule has 0 bridgehead atoms. The normalized spacial score (nSPS) is 14.2. The number of piperidine rings is 1. The van der Waals surface area contributed by atoms with Gasteiger partial charge in [-0.3, -0.25) is 14.9 Å². The lowest BCUT2D eigenvalue weighted by Gasteiger charge is -2.31. The fourth-order valence-corrected chi connectivity index (χ4v) is 3.53. The van der Waals surface area contributed by atoms with Gasteiger partial charge in [0.15, 0.2) is 11.5 Å². The minimum atomic E-state index is -0.604. The minimum Gasteiger partial charge on any atom is -0.493 e. The fraction of sp³-hybridized carbons (Fsp3) is 0.455. The van der Waals surface area contributed by atoms with E-state index in [0.717, 1.165) is 43.2 Å². The van der Waals surface area contributed by atoms with Gasteiger partial charge < -0.3 is 19.7 Å². The third kappa shape index (κ3) is 5.42. The molecule has 0 atom stereocenters. The summed E-state index contributed by atoms with van der Waals surface area (Å²) < 4.78 is 10.6. The van der Waals surface area contributed by atoms with Crippen LogP contribution in [0.3, 0.4) is 0 Å². The number of aromatic nitrogens is 1. The van der Waals surface area contributed by atoms with Crippen molar-refractivity contribution in [2.24, 2.45) is 5.92 Å². The highest BCUT2D eigenvalue weighted by Crippen LogP contribution is 2.34. The van der Waals surface area contributed by atoms with Crippen molar-refractivity contribution in [1.82, 2.24) is 10.3 Å². The van der Waals surface area contributed by atoms with Crippen molar-refractivity contribution in [3.63, 3.8) is 0 Å². The van der Waals surface area contributed by atoms with Gasteiger partial charge in [-0.2, -0.15) is 0 Å². The summed E-state index contributed by atoms with van der Waals surface area (Å²) in [7, 11) is 1.42. The molecule has 1 aliphatic rings. The van der Waals surface area contributed by atoms with E-state index in [0.29, 0.717) is 6.61 Å². The smallest absolute Gasteiger partial charge is 0.286 e. The Morgan fingerprint density at radius 3 is 2.61 bits per heavy atom. The van der Waals surface area contributed by atoms with Crippen LogP contribution < -0.4 is 19.7 Å². The van der Waals surface area contributed by atoms with Crippen LogP contribution in [0.5, 0.6) is 11.5 Å². The third-order valence-corrected chi connectivity index (χ3v) is 5.39. The second kappa shape index (κ2) is 10.1. The van der Waals surface area contributed by atoms with Gasteiger partial charge in [-0.25, -0.2) is 4.98 Å². The van der Waals surface area contributed by atoms with Crippen LogP contribution in [-0.2, 0) is 6.54 Å². The van der Waals surface area contributed by atoms with Gasteiger partial charge in [0.1, 0.15) is 11.4 Å². The number of nitrogens with zero attached hydrogens (tertiary/aromatic N) is 3. The molecule has 1 fully saturated rings. The largest absolute Gasteiger partial charge is 0.493 e. The summed E-state index contributed by atoms with van der Waals surface area (Å²) in [6, 6.07) is 6.40. The first kappa shape index (κ1) is 22.3. The number of benzene rings is 1. The number of rotatable bonds is 8. The van der Waals surface area contributed by atoms with Crippen LogP contribution in [0.1, 0.15) is 42.6 Å². The lowest BCUT2D eigenvalue weighted by Crippen LogP contribution is -2.33. The molecule has 0 spiro atoms. The zero-order valence-electron chi connectivity index (χ0n) is 18.1. The molecule has 9 nitrogen and oxygen atoms in total. The molecule has 1 amide bonds. The van der Waals surface area contributed by atoms with Crippen molar-refractivity contribution in [2.45, 2.75) is 33.2 Å². The molecule has 2 aromatic rings. The van der Waals surface area contributed by atoms with Gasteiger partial charge >= 0.3 is 0 Å². The van der Waals surface area contributed by atoms with Crippen molar-refractivity contribution in [2.75, 3.05) is 31.7 Å². The molecule has 1 aromatic carbocycles. The van der Waals surface area contributed by atoms with E-state index in [4.69, 9.17) is 9.47 Å². The molecule has 0 radical (unpaired) electrons. The maximum atomic E-state index is 12.7. The SMILES string of the molecule is CCOc1cc([N+](=O)[O-])c(C(=O)NCc2ccc(N3CCC(C)CC3)nc2)cc1OC. The van der Waals surface area contributed by atoms with Gasteiger partial charge in [0.25, 0.3) is 11.6 Å². The summed E-state index contributed by atoms with van der Waals surface area (Å²) in [6.07, 6.45) is 4.04. The van der Waals surface area contributed by atoms with Crippen LogP contribution in [0.25, 0.3) is 0 Å². The first-order valence-electron chi connectivity index (χ1n) is 10.4. The standard InChI is InChI=1S/C22H28N4O5/c1-4-31-20-12-18(26(28)29)17(11-19(20)30-3)22(27)24-14-16-5-6-21(23-13-16)25-9-7-15(2)8-10-25/h5-6,11-13,15H,4,7-10,14H2,1-3H3,(H,24,27). The highest BCUT2D eigenvalue weighted by Gasteiger charge is 2.24. The van der Waals surface area contributed by atoms with Crippen LogP contribution in [0, 0.1) is 16.0 Å². The number of methoxy groups -OCH3 is 1. The Morgan fingerprint density at radius 2 is 2.03 bits per heavy atom. The summed E-state index contributed by atoms with van der Waals surface area (Å²) >= 11 is 0. The molecular formula is C22H28N4O5. The number of carbonyl (C=O) groups is 1. The summed E-state index contributed by atoms with van der Waals surface area (Å²) in [5.74, 6) is 1.59. The van der Waals surface area contributed by atoms with E-state index in [9.17, 15) is 14.9 Å². The van der Waals surface area contributed by atoms with Gasteiger partial charge in [0.05, 0.1) is 24.7 Å². The lowest BCUT2D eigenvalue weighted by molar-refractivity contribution is -0.385. The van der Waals surface area contributed by atoms with Crippen LogP contribution in [0.15, 0.2) is 30.5 Å². The Bertz CT molecular complexity index is 924. The van der Waals surface area contributed by atoms with Gasteiger partial charge in [-0.15, -0.1) is 0 Å². The Hall–Kier alpha value is -3.36. The molecule has 1 aromatic heterocycles. The molecule has 1 aliphatic heterocycles. The quantitative estimate of drug-likeness (QED) is 0.506. The number of pyridine rings is 1. The van der Waals surface area contributed by atoms with Crippen molar-refractivity contribution in [3.05, 3.63) is 51.7 Å². The van der Waals surface area contributed by atoms with Crippen molar-refractivity contribution in [1.29, 1.82) is 0 Å². The fourth-order valence-electron chi connectivity index (χ4n) is 3.53. The van der Waals surface area contributed by atoms with Gasteiger partial charge in [0, 0.05) is 31.9 Å². The second-order valence-corrected chi connectivity index (χ2v) is 7.59. The number of hydrogen-bond acceptors (Lipinski definition) is 7. The molecule has 3 rings (SSSR count). The molecule has 0 saturated carbocycles. The number of amides is 1. The molecule has 1 N–H and O–H groups in total. The maximum Gasteiger partial charge on any atom is 0.286 e. The van der Waals surface area contributed by atoms with E-state index in [1.54, 1.807) is 13.1 Å². The zero-order chi connectivity index (χ0) is 22.4. The third-order valence-electron chi connectivity index (χ3n) is 5.39. The van der Waals surface area contributed by atoms with E-state index >= 15 is 0 Å². The topological polar surface area (TPSA) is 107 Å². The minimum absolute atomic E-state index is 0.0858. The number of nitro benzene ring substituents is 1. The highest BCUT2D eigenvalue weighted by molar-refractivity contribution is 5.99. The number of ether oxygens (including phenoxy) is 2. The van der Waals surface area contributed by atoms with Crippen LogP contribution in [-0.4, -0.2) is 42.6 Å². The number of nitrogens with one attached hydrogen (secondary N) is 1. The van der Waals surface area contributed by atoms with Crippen molar-refractivity contribution >= 4 is 17.4 Å². The van der Waals surface area contributed by atoms with E-state index in [1.807, 2.05) is 12.1 Å². The summed E-state index contributed by atoms with van der Waals surface area (Å²) in [4.78, 5) is 30.3. The number of nitro groups is 1. The van der Waals surface area contributed by atoms with E-state index < -0.39 is 10.8 Å². The van der Waals surface area contributed by atoms with Gasteiger partial charge in [0.2, 0.25) is 0 Å². The number of hydrogen-bond donors (Lipinski definition) is 1. The van der Waals surface area contributed by atoms with Crippen molar-refractivity contribution in [3.8, 4) is 11.5 Å². The molecule has 2 heterocycles. The van der Waals surface area contributed by atoms with Gasteiger partial charge in [-0.1, -0.05) is 13.0 Å². The van der Waals surface area contributed by atoms with E-state index in [-0.39, 0.29) is 29.3 Å². The Kier molecular flexibility index (Phi) is 7.28. The Morgan fingerprint density at radius 1 is 1.29 bits per heavy atom. The number of anilines is 1. The van der Waals surface area contributed by atoms with Crippen molar-refractivity contribution < 1.29 is 19.2 Å². The first-order chi connectivity index (χ1) is 14.9. The summed E-state index contributed by atoms with van der Waals surface area (Å²) in [6.45, 7) is 6.53. The summed E-state index contributed by atoms with van der Waals surface area (Å²) in [5, 5.41) is 14.2.